The van der Waals surface area contributed by atoms with Crippen molar-refractivity contribution in [3.63, 3.8) is 0 Å². The van der Waals surface area contributed by atoms with E-state index in [0.717, 1.165) is 22.7 Å². The number of carbonyl (C=O) groups is 1. The monoisotopic (exact) mass is 328 g/mol. The van der Waals surface area contributed by atoms with Crippen LogP contribution in [0.5, 0.6) is 11.5 Å². The van der Waals surface area contributed by atoms with E-state index in [0.29, 0.717) is 13.1 Å². The number of carbonyl (C=O) groups excluding carboxylic acids is 1. The first kappa shape index (κ1) is 17.8. The fraction of sp³-hybridized carbons (Fsp3) is 0.316. The molecule has 0 spiro atoms. The zero-order chi connectivity index (χ0) is 17.5. The summed E-state index contributed by atoms with van der Waals surface area (Å²) in [5.74, 6) is 1.54. The molecule has 2 rings (SSSR count). The number of rotatable bonds is 7. The van der Waals surface area contributed by atoms with Gasteiger partial charge in [-0.1, -0.05) is 17.7 Å². The van der Waals surface area contributed by atoms with Crippen molar-refractivity contribution in [2.45, 2.75) is 13.5 Å². The summed E-state index contributed by atoms with van der Waals surface area (Å²) in [5.41, 5.74) is 2.99. The molecule has 0 aliphatic rings. The maximum atomic E-state index is 12.2. The van der Waals surface area contributed by atoms with E-state index in [2.05, 4.69) is 11.4 Å². The van der Waals surface area contributed by atoms with Crippen molar-refractivity contribution in [3.05, 3.63) is 53.6 Å². The number of nitrogens with one attached hydrogen (secondary N) is 1. The average Bonchev–Trinajstić information content (AvgIpc) is 2.55. The first-order valence-corrected chi connectivity index (χ1v) is 7.78. The Morgan fingerprint density at radius 2 is 1.79 bits per heavy atom. The highest BCUT2D eigenvalue weighted by molar-refractivity contribution is 5.92. The number of likely N-dealkylation sites (N-methyl/N-ethyl adjacent to an activating group) is 1. The third kappa shape index (κ3) is 4.99. The van der Waals surface area contributed by atoms with E-state index in [1.54, 1.807) is 14.2 Å². The smallest absolute Gasteiger partial charge is 0.238 e. The van der Waals surface area contributed by atoms with Crippen LogP contribution < -0.4 is 14.8 Å². The average molecular weight is 328 g/mol. The molecule has 5 heteroatoms. The highest BCUT2D eigenvalue weighted by Crippen LogP contribution is 2.21. The Morgan fingerprint density at radius 3 is 2.42 bits per heavy atom. The normalized spacial score (nSPS) is 10.5. The topological polar surface area (TPSA) is 50.8 Å². The largest absolute Gasteiger partial charge is 0.497 e. The predicted molar refractivity (Wildman–Crippen MR) is 95.7 cm³/mol. The van der Waals surface area contributed by atoms with Crippen molar-refractivity contribution in [3.8, 4) is 11.5 Å². The van der Waals surface area contributed by atoms with Crippen LogP contribution in [0.25, 0.3) is 0 Å². The Labute approximate surface area is 143 Å². The molecule has 5 nitrogen and oxygen atoms in total. The van der Waals surface area contributed by atoms with Crippen LogP contribution in [0.15, 0.2) is 42.5 Å². The van der Waals surface area contributed by atoms with Gasteiger partial charge in [-0.2, -0.15) is 0 Å². The van der Waals surface area contributed by atoms with Crippen LogP contribution >= 0.6 is 0 Å². The molecule has 2 aromatic carbocycles. The maximum absolute atomic E-state index is 12.2. The van der Waals surface area contributed by atoms with Crippen molar-refractivity contribution < 1.29 is 14.3 Å². The third-order valence-electron chi connectivity index (χ3n) is 3.66. The van der Waals surface area contributed by atoms with Crippen molar-refractivity contribution >= 4 is 11.6 Å². The quantitative estimate of drug-likeness (QED) is 0.848. The molecular formula is C19H24N2O3. The molecule has 1 N–H and O–H groups in total. The van der Waals surface area contributed by atoms with Crippen molar-refractivity contribution in [2.24, 2.45) is 0 Å². The van der Waals surface area contributed by atoms with E-state index in [1.807, 2.05) is 55.3 Å². The van der Waals surface area contributed by atoms with Gasteiger partial charge in [-0.15, -0.1) is 0 Å². The number of ether oxygens (including phenoxy) is 2. The van der Waals surface area contributed by atoms with E-state index >= 15 is 0 Å². The lowest BCUT2D eigenvalue weighted by molar-refractivity contribution is -0.117. The van der Waals surface area contributed by atoms with Gasteiger partial charge in [0.05, 0.1) is 20.8 Å². The number of anilines is 1. The molecule has 0 unspecified atom stereocenters. The lowest BCUT2D eigenvalue weighted by Gasteiger charge is -2.18. The highest BCUT2D eigenvalue weighted by atomic mass is 16.5. The second-order valence-corrected chi connectivity index (χ2v) is 5.76. The van der Waals surface area contributed by atoms with Crippen LogP contribution in [0.3, 0.4) is 0 Å². The SMILES string of the molecule is COc1ccc(NC(=O)CN(C)Cc2cc(C)ccc2OC)cc1. The molecule has 0 heterocycles. The lowest BCUT2D eigenvalue weighted by atomic mass is 10.1. The van der Waals surface area contributed by atoms with Gasteiger partial charge in [0, 0.05) is 17.8 Å². The van der Waals surface area contributed by atoms with Crippen LogP contribution in [-0.4, -0.2) is 38.6 Å². The minimum Gasteiger partial charge on any atom is -0.497 e. The zero-order valence-corrected chi connectivity index (χ0v) is 14.6. The van der Waals surface area contributed by atoms with Gasteiger partial charge in [0.15, 0.2) is 0 Å². The van der Waals surface area contributed by atoms with Gasteiger partial charge >= 0.3 is 0 Å². The Bertz CT molecular complexity index is 684. The van der Waals surface area contributed by atoms with Gasteiger partial charge in [-0.25, -0.2) is 0 Å². The van der Waals surface area contributed by atoms with E-state index in [4.69, 9.17) is 9.47 Å². The number of benzene rings is 2. The Kier molecular flexibility index (Phi) is 6.21. The predicted octanol–water partition coefficient (Wildman–Crippen LogP) is 3.08. The van der Waals surface area contributed by atoms with E-state index in [-0.39, 0.29) is 5.91 Å². The minimum atomic E-state index is -0.0608. The number of aryl methyl sites for hydroxylation is 1. The van der Waals surface area contributed by atoms with E-state index < -0.39 is 0 Å². The molecule has 0 bridgehead atoms. The summed E-state index contributed by atoms with van der Waals surface area (Å²) in [5, 5.41) is 2.88. The van der Waals surface area contributed by atoms with Crippen LogP contribution in [0, 0.1) is 6.92 Å². The summed E-state index contributed by atoms with van der Waals surface area (Å²) >= 11 is 0. The van der Waals surface area contributed by atoms with Gasteiger partial charge in [0.2, 0.25) is 5.91 Å². The van der Waals surface area contributed by atoms with Crippen LogP contribution in [0.1, 0.15) is 11.1 Å². The summed E-state index contributed by atoms with van der Waals surface area (Å²) in [6.45, 7) is 2.98. The molecular weight excluding hydrogens is 304 g/mol. The molecule has 0 aromatic heterocycles. The van der Waals surface area contributed by atoms with Gasteiger partial charge in [-0.05, 0) is 44.3 Å². The molecule has 24 heavy (non-hydrogen) atoms. The van der Waals surface area contributed by atoms with Crippen molar-refractivity contribution in [1.29, 1.82) is 0 Å². The highest BCUT2D eigenvalue weighted by Gasteiger charge is 2.11. The molecule has 0 aliphatic carbocycles. The van der Waals surface area contributed by atoms with Gasteiger partial charge in [0.1, 0.15) is 11.5 Å². The zero-order valence-electron chi connectivity index (χ0n) is 14.6. The summed E-state index contributed by atoms with van der Waals surface area (Å²) in [7, 11) is 5.18. The summed E-state index contributed by atoms with van der Waals surface area (Å²) < 4.78 is 10.5. The molecule has 0 fully saturated rings. The lowest BCUT2D eigenvalue weighted by Crippen LogP contribution is -2.30. The molecule has 0 radical (unpaired) electrons. The first-order chi connectivity index (χ1) is 11.5. The second-order valence-electron chi connectivity index (χ2n) is 5.76. The fourth-order valence-corrected chi connectivity index (χ4v) is 2.50. The summed E-state index contributed by atoms with van der Waals surface area (Å²) in [6.07, 6.45) is 0. The molecule has 1 amide bonds. The van der Waals surface area contributed by atoms with Crippen molar-refractivity contribution in [2.75, 3.05) is 33.1 Å². The number of hydrogen-bond acceptors (Lipinski definition) is 4. The Balaban J connectivity index is 1.92. The summed E-state index contributed by atoms with van der Waals surface area (Å²) in [4.78, 5) is 14.1. The van der Waals surface area contributed by atoms with Crippen LogP contribution in [-0.2, 0) is 11.3 Å². The third-order valence-corrected chi connectivity index (χ3v) is 3.66. The second kappa shape index (κ2) is 8.36. The van der Waals surface area contributed by atoms with E-state index in [1.165, 1.54) is 5.56 Å². The van der Waals surface area contributed by atoms with Gasteiger partial charge in [0.25, 0.3) is 0 Å². The van der Waals surface area contributed by atoms with Crippen LogP contribution in [0.2, 0.25) is 0 Å². The summed E-state index contributed by atoms with van der Waals surface area (Å²) in [6, 6.07) is 13.3. The molecule has 128 valence electrons. The first-order valence-electron chi connectivity index (χ1n) is 7.78. The molecule has 0 saturated heterocycles. The molecule has 0 aliphatic heterocycles. The van der Waals surface area contributed by atoms with E-state index in [9.17, 15) is 4.79 Å². The number of hydrogen-bond donors (Lipinski definition) is 1. The Hall–Kier alpha value is -2.53. The van der Waals surface area contributed by atoms with Gasteiger partial charge < -0.3 is 14.8 Å². The molecule has 0 saturated carbocycles. The van der Waals surface area contributed by atoms with Gasteiger partial charge in [-0.3, -0.25) is 9.69 Å². The fourth-order valence-electron chi connectivity index (χ4n) is 2.50. The van der Waals surface area contributed by atoms with Crippen molar-refractivity contribution in [1.82, 2.24) is 4.90 Å². The van der Waals surface area contributed by atoms with Crippen LogP contribution in [0.4, 0.5) is 5.69 Å². The maximum Gasteiger partial charge on any atom is 0.238 e. The molecule has 0 atom stereocenters. The minimum absolute atomic E-state index is 0.0608. The number of methoxy groups -OCH3 is 2. The number of nitrogens with zero attached hydrogens (tertiary/aromatic N) is 1. The standard InChI is InChI=1S/C19H24N2O3/c1-14-5-10-18(24-4)15(11-14)12-21(2)13-19(22)20-16-6-8-17(23-3)9-7-16/h5-11H,12-13H2,1-4H3,(H,20,22). The number of amides is 1. The molecule has 2 aromatic rings. The Morgan fingerprint density at radius 1 is 1.08 bits per heavy atom.